The number of carbonyl (C=O) groups is 2. The van der Waals surface area contributed by atoms with Gasteiger partial charge >= 0.3 is 5.97 Å². The van der Waals surface area contributed by atoms with E-state index in [1.807, 2.05) is 0 Å². The van der Waals surface area contributed by atoms with Gasteiger partial charge in [0.25, 0.3) is 5.91 Å². The van der Waals surface area contributed by atoms with E-state index in [9.17, 15) is 9.59 Å². The average Bonchev–Trinajstić information content (AvgIpc) is 2.22. The minimum atomic E-state index is -1.00. The lowest BCUT2D eigenvalue weighted by Crippen LogP contribution is -2.30. The first-order valence-electron chi connectivity index (χ1n) is 4.57. The number of anilines is 1. The van der Waals surface area contributed by atoms with E-state index in [0.717, 1.165) is 0 Å². The summed E-state index contributed by atoms with van der Waals surface area (Å²) in [5.41, 5.74) is 11.1. The van der Waals surface area contributed by atoms with Crippen LogP contribution in [0.3, 0.4) is 0 Å². The van der Waals surface area contributed by atoms with Crippen molar-refractivity contribution in [2.45, 2.75) is 13.0 Å². The minimum Gasteiger partial charge on any atom is -0.449 e. The van der Waals surface area contributed by atoms with Crippen LogP contribution in [0.4, 0.5) is 5.69 Å². The molecule has 1 rings (SSSR count). The molecule has 17 heavy (non-hydrogen) atoms. The van der Waals surface area contributed by atoms with Crippen LogP contribution < -0.4 is 11.5 Å². The lowest BCUT2D eigenvalue weighted by atomic mass is 10.2. The number of carbonyl (C=O) groups excluding carboxylic acids is 2. The van der Waals surface area contributed by atoms with Crippen molar-refractivity contribution in [3.05, 3.63) is 26.6 Å². The Balaban J connectivity index is 3.01. The number of halogens is 2. The van der Waals surface area contributed by atoms with Gasteiger partial charge in [0, 0.05) is 8.95 Å². The fourth-order valence-corrected chi connectivity index (χ4v) is 2.26. The summed E-state index contributed by atoms with van der Waals surface area (Å²) in [6.45, 7) is 1.39. The minimum absolute atomic E-state index is 0.166. The molecule has 1 aromatic rings. The van der Waals surface area contributed by atoms with Gasteiger partial charge in [-0.2, -0.15) is 0 Å². The van der Waals surface area contributed by atoms with Crippen LogP contribution >= 0.6 is 31.9 Å². The highest BCUT2D eigenvalue weighted by Crippen LogP contribution is 2.28. The van der Waals surface area contributed by atoms with Gasteiger partial charge in [0.05, 0.1) is 11.3 Å². The number of hydrogen-bond donors (Lipinski definition) is 2. The van der Waals surface area contributed by atoms with Gasteiger partial charge in [-0.15, -0.1) is 0 Å². The molecule has 7 heteroatoms. The van der Waals surface area contributed by atoms with Gasteiger partial charge in [0.1, 0.15) is 0 Å². The fraction of sp³-hybridized carbons (Fsp3) is 0.200. The van der Waals surface area contributed by atoms with E-state index in [0.29, 0.717) is 8.95 Å². The summed E-state index contributed by atoms with van der Waals surface area (Å²) >= 11 is 6.43. The van der Waals surface area contributed by atoms with Gasteiger partial charge in [0.15, 0.2) is 6.10 Å². The predicted molar refractivity (Wildman–Crippen MR) is 70.3 cm³/mol. The van der Waals surface area contributed by atoms with E-state index in [2.05, 4.69) is 31.9 Å². The second kappa shape index (κ2) is 5.50. The molecule has 0 aliphatic heterocycles. The molecule has 0 aromatic heterocycles. The molecule has 0 unspecified atom stereocenters. The molecule has 0 radical (unpaired) electrons. The van der Waals surface area contributed by atoms with Crippen LogP contribution in [0, 0.1) is 0 Å². The van der Waals surface area contributed by atoms with Crippen molar-refractivity contribution in [3.63, 3.8) is 0 Å². The van der Waals surface area contributed by atoms with Crippen molar-refractivity contribution < 1.29 is 14.3 Å². The van der Waals surface area contributed by atoms with Crippen LogP contribution in [0.2, 0.25) is 0 Å². The van der Waals surface area contributed by atoms with E-state index in [1.165, 1.54) is 13.0 Å². The third kappa shape index (κ3) is 3.44. The zero-order valence-electron chi connectivity index (χ0n) is 8.87. The quantitative estimate of drug-likeness (QED) is 0.630. The molecule has 4 N–H and O–H groups in total. The molecule has 5 nitrogen and oxygen atoms in total. The Hall–Kier alpha value is -1.08. The van der Waals surface area contributed by atoms with Crippen LogP contribution in [0.5, 0.6) is 0 Å². The van der Waals surface area contributed by atoms with Crippen molar-refractivity contribution in [3.8, 4) is 0 Å². The number of primary amides is 1. The molecule has 0 aliphatic rings. The molecule has 92 valence electrons. The first-order valence-corrected chi connectivity index (χ1v) is 6.16. The third-order valence-corrected chi connectivity index (χ3v) is 3.11. The first-order chi connectivity index (χ1) is 7.82. The average molecular weight is 366 g/mol. The van der Waals surface area contributed by atoms with Crippen molar-refractivity contribution in [1.82, 2.24) is 0 Å². The van der Waals surface area contributed by atoms with E-state index < -0.39 is 18.0 Å². The summed E-state index contributed by atoms with van der Waals surface area (Å²) < 4.78 is 6.08. The predicted octanol–water partition coefficient (Wildman–Crippen LogP) is 1.82. The Morgan fingerprint density at radius 3 is 2.47 bits per heavy atom. The Morgan fingerprint density at radius 1 is 1.35 bits per heavy atom. The maximum Gasteiger partial charge on any atom is 0.341 e. The van der Waals surface area contributed by atoms with Gasteiger partial charge in [-0.05, 0) is 35.0 Å². The van der Waals surface area contributed by atoms with Crippen molar-refractivity contribution >= 4 is 49.4 Å². The monoisotopic (exact) mass is 364 g/mol. The van der Waals surface area contributed by atoms with Gasteiger partial charge in [-0.1, -0.05) is 15.9 Å². The number of rotatable bonds is 3. The fourth-order valence-electron chi connectivity index (χ4n) is 1.04. The maximum absolute atomic E-state index is 11.7. The highest BCUT2D eigenvalue weighted by Gasteiger charge is 2.19. The normalized spacial score (nSPS) is 11.9. The molecule has 0 saturated heterocycles. The zero-order valence-corrected chi connectivity index (χ0v) is 12.0. The maximum atomic E-state index is 11.7. The largest absolute Gasteiger partial charge is 0.449 e. The standard InChI is InChI=1S/C10H10Br2N2O3/c1-4(9(14)15)17-10(16)6-2-5(11)3-7(12)8(6)13/h2-4H,13H2,1H3,(H2,14,15)/t4-/m0/s1. The van der Waals surface area contributed by atoms with Crippen molar-refractivity contribution in [1.29, 1.82) is 0 Å². The van der Waals surface area contributed by atoms with E-state index in [1.54, 1.807) is 6.07 Å². The van der Waals surface area contributed by atoms with Crippen molar-refractivity contribution in [2.75, 3.05) is 5.73 Å². The topological polar surface area (TPSA) is 95.4 Å². The van der Waals surface area contributed by atoms with Gasteiger partial charge in [-0.25, -0.2) is 4.79 Å². The Bertz CT molecular complexity index is 477. The van der Waals surface area contributed by atoms with Crippen LogP contribution in [0.1, 0.15) is 17.3 Å². The molecule has 0 saturated carbocycles. The number of nitrogen functional groups attached to an aromatic ring is 1. The Morgan fingerprint density at radius 2 is 1.94 bits per heavy atom. The van der Waals surface area contributed by atoms with Crippen LogP contribution in [0.15, 0.2) is 21.1 Å². The van der Waals surface area contributed by atoms with Gasteiger partial charge < -0.3 is 16.2 Å². The van der Waals surface area contributed by atoms with Gasteiger partial charge in [-0.3, -0.25) is 4.79 Å². The summed E-state index contributed by atoms with van der Waals surface area (Å²) in [5.74, 6) is -1.42. The molecule has 1 atom stereocenters. The summed E-state index contributed by atoms with van der Waals surface area (Å²) in [5, 5.41) is 0. The van der Waals surface area contributed by atoms with E-state index in [-0.39, 0.29) is 11.3 Å². The van der Waals surface area contributed by atoms with Crippen molar-refractivity contribution in [2.24, 2.45) is 5.73 Å². The lowest BCUT2D eigenvalue weighted by Gasteiger charge is -2.12. The molecular weight excluding hydrogens is 356 g/mol. The van der Waals surface area contributed by atoms with E-state index in [4.69, 9.17) is 16.2 Å². The molecule has 0 fully saturated rings. The molecular formula is C10H10Br2N2O3. The number of amides is 1. The SMILES string of the molecule is C[C@H](OC(=O)c1cc(Br)cc(Br)c1N)C(N)=O. The molecule has 0 bridgehead atoms. The molecule has 1 aromatic carbocycles. The molecule has 0 aliphatic carbocycles. The molecule has 0 heterocycles. The third-order valence-electron chi connectivity index (χ3n) is 2.00. The summed E-state index contributed by atoms with van der Waals surface area (Å²) in [7, 11) is 0. The summed E-state index contributed by atoms with van der Waals surface area (Å²) in [6.07, 6.45) is -1.00. The summed E-state index contributed by atoms with van der Waals surface area (Å²) in [6, 6.07) is 3.21. The smallest absolute Gasteiger partial charge is 0.341 e. The first kappa shape index (κ1) is 14.0. The van der Waals surface area contributed by atoms with Crippen LogP contribution in [-0.2, 0) is 9.53 Å². The Labute approximate surface area is 115 Å². The molecule has 1 amide bonds. The second-order valence-electron chi connectivity index (χ2n) is 3.30. The van der Waals surface area contributed by atoms with E-state index >= 15 is 0 Å². The number of hydrogen-bond acceptors (Lipinski definition) is 4. The highest BCUT2D eigenvalue weighted by atomic mass is 79.9. The van der Waals surface area contributed by atoms with Gasteiger partial charge in [0.2, 0.25) is 0 Å². The number of benzene rings is 1. The molecule has 0 spiro atoms. The second-order valence-corrected chi connectivity index (χ2v) is 5.07. The lowest BCUT2D eigenvalue weighted by molar-refractivity contribution is -0.125. The zero-order chi connectivity index (χ0) is 13.2. The number of esters is 1. The van der Waals surface area contributed by atoms with Crippen LogP contribution in [0.25, 0.3) is 0 Å². The highest BCUT2D eigenvalue weighted by molar-refractivity contribution is 9.11. The number of nitrogens with two attached hydrogens (primary N) is 2. The Kier molecular flexibility index (Phi) is 4.53. The summed E-state index contributed by atoms with van der Waals surface area (Å²) in [4.78, 5) is 22.5. The van der Waals surface area contributed by atoms with Crippen LogP contribution in [-0.4, -0.2) is 18.0 Å². The number of ether oxygens (including phenoxy) is 1.